The van der Waals surface area contributed by atoms with Gasteiger partial charge < -0.3 is 14.6 Å². The lowest BCUT2D eigenvalue weighted by molar-refractivity contribution is 0.173. The Labute approximate surface area is 159 Å². The van der Waals surface area contributed by atoms with Gasteiger partial charge in [0, 0.05) is 50.1 Å². The van der Waals surface area contributed by atoms with Crippen LogP contribution < -0.4 is 5.32 Å². The molecule has 3 heterocycles. The molecule has 0 amide bonds. The van der Waals surface area contributed by atoms with Crippen molar-refractivity contribution in [3.63, 3.8) is 0 Å². The minimum atomic E-state index is -0.0220. The fourth-order valence-corrected chi connectivity index (χ4v) is 3.71. The molecule has 26 heavy (non-hydrogen) atoms. The van der Waals surface area contributed by atoms with Gasteiger partial charge >= 0.3 is 0 Å². The van der Waals surface area contributed by atoms with Gasteiger partial charge in [-0.3, -0.25) is 9.89 Å². The Bertz CT molecular complexity index is 709. The van der Waals surface area contributed by atoms with Gasteiger partial charge in [-0.25, -0.2) is 4.98 Å². The summed E-state index contributed by atoms with van der Waals surface area (Å²) in [6.07, 6.45) is 1.82. The highest BCUT2D eigenvalue weighted by Gasteiger charge is 2.21. The van der Waals surface area contributed by atoms with Gasteiger partial charge in [-0.1, -0.05) is 26.8 Å². The molecule has 3 rings (SSSR count). The number of guanidine groups is 1. The van der Waals surface area contributed by atoms with E-state index in [9.17, 15) is 0 Å². The van der Waals surface area contributed by atoms with Crippen molar-refractivity contribution in [1.82, 2.24) is 20.1 Å². The standard InChI is InChI=1S/C19H29N5OS/c1-19(2,3)16-12-21-17(25-16)13-22-18(20-4)24-9-7-23(8-10-24)14-15-6-5-11-26-15/h5-6,11-12H,7-10,13-14H2,1-4H3,(H,20,22). The fourth-order valence-electron chi connectivity index (χ4n) is 2.97. The number of hydrogen-bond donors (Lipinski definition) is 1. The molecule has 0 radical (unpaired) electrons. The van der Waals surface area contributed by atoms with E-state index in [1.165, 1.54) is 4.88 Å². The Morgan fingerprint density at radius 1 is 1.31 bits per heavy atom. The van der Waals surface area contributed by atoms with E-state index < -0.39 is 0 Å². The molecule has 0 saturated carbocycles. The lowest BCUT2D eigenvalue weighted by Crippen LogP contribution is -2.52. The second kappa shape index (κ2) is 8.22. The normalized spacial score (nSPS) is 16.9. The Hall–Kier alpha value is -1.86. The molecule has 1 saturated heterocycles. The first-order valence-electron chi connectivity index (χ1n) is 9.11. The first-order valence-corrected chi connectivity index (χ1v) is 9.99. The zero-order valence-electron chi connectivity index (χ0n) is 16.2. The third-order valence-corrected chi connectivity index (χ3v) is 5.39. The molecule has 0 aliphatic carbocycles. The van der Waals surface area contributed by atoms with Crippen LogP contribution in [0.4, 0.5) is 0 Å². The molecule has 1 N–H and O–H groups in total. The molecule has 0 atom stereocenters. The number of aliphatic imine (C=N–C) groups is 1. The van der Waals surface area contributed by atoms with Crippen molar-refractivity contribution in [3.8, 4) is 0 Å². The van der Waals surface area contributed by atoms with Crippen LogP contribution in [0.3, 0.4) is 0 Å². The second-order valence-corrected chi connectivity index (χ2v) is 8.64. The molecule has 1 aliphatic rings. The molecule has 1 fully saturated rings. The molecule has 6 nitrogen and oxygen atoms in total. The van der Waals surface area contributed by atoms with Crippen LogP contribution in [0.5, 0.6) is 0 Å². The van der Waals surface area contributed by atoms with Crippen molar-refractivity contribution in [2.24, 2.45) is 4.99 Å². The number of nitrogens with zero attached hydrogens (tertiary/aromatic N) is 4. The number of thiophene rings is 1. The Morgan fingerprint density at radius 3 is 2.65 bits per heavy atom. The number of hydrogen-bond acceptors (Lipinski definition) is 5. The van der Waals surface area contributed by atoms with E-state index in [1.807, 2.05) is 24.6 Å². The van der Waals surface area contributed by atoms with Gasteiger partial charge in [0.25, 0.3) is 0 Å². The Kier molecular flexibility index (Phi) is 5.98. The van der Waals surface area contributed by atoms with Gasteiger partial charge in [0.15, 0.2) is 5.96 Å². The van der Waals surface area contributed by atoms with Crippen molar-refractivity contribution >= 4 is 17.3 Å². The zero-order valence-corrected chi connectivity index (χ0v) is 17.0. The predicted molar refractivity (Wildman–Crippen MR) is 107 cm³/mol. The largest absolute Gasteiger partial charge is 0.443 e. The lowest BCUT2D eigenvalue weighted by Gasteiger charge is -2.36. The van der Waals surface area contributed by atoms with Gasteiger partial charge in [0.1, 0.15) is 5.76 Å². The van der Waals surface area contributed by atoms with Crippen molar-refractivity contribution in [1.29, 1.82) is 0 Å². The molecular formula is C19H29N5OS. The number of rotatable bonds is 4. The van der Waals surface area contributed by atoms with E-state index in [1.54, 1.807) is 0 Å². The lowest BCUT2D eigenvalue weighted by atomic mass is 9.94. The molecule has 0 bridgehead atoms. The third kappa shape index (κ3) is 4.86. The van der Waals surface area contributed by atoms with Crippen LogP contribution in [0.2, 0.25) is 0 Å². The Morgan fingerprint density at radius 2 is 2.08 bits per heavy atom. The summed E-state index contributed by atoms with van der Waals surface area (Å²) < 4.78 is 5.85. The van der Waals surface area contributed by atoms with Gasteiger partial charge in [0.05, 0.1) is 12.7 Å². The molecule has 142 valence electrons. The van der Waals surface area contributed by atoms with Crippen LogP contribution >= 0.6 is 11.3 Å². The summed E-state index contributed by atoms with van der Waals surface area (Å²) in [6, 6.07) is 4.33. The molecule has 0 unspecified atom stereocenters. The molecule has 1 aliphatic heterocycles. The van der Waals surface area contributed by atoms with Crippen LogP contribution in [-0.2, 0) is 18.5 Å². The second-order valence-electron chi connectivity index (χ2n) is 7.61. The van der Waals surface area contributed by atoms with Crippen LogP contribution in [0.15, 0.2) is 33.1 Å². The van der Waals surface area contributed by atoms with E-state index in [0.717, 1.165) is 44.4 Å². The van der Waals surface area contributed by atoms with Crippen LogP contribution in [-0.4, -0.2) is 54.0 Å². The minimum absolute atomic E-state index is 0.0220. The summed E-state index contributed by atoms with van der Waals surface area (Å²) in [6.45, 7) is 12.0. The number of aromatic nitrogens is 1. The summed E-state index contributed by atoms with van der Waals surface area (Å²) in [5.41, 5.74) is -0.0220. The topological polar surface area (TPSA) is 56.9 Å². The average Bonchev–Trinajstić information content (AvgIpc) is 3.28. The number of nitrogens with one attached hydrogen (secondary N) is 1. The van der Waals surface area contributed by atoms with Gasteiger partial charge in [-0.05, 0) is 11.4 Å². The maximum absolute atomic E-state index is 5.85. The summed E-state index contributed by atoms with van der Waals surface area (Å²) in [7, 11) is 1.83. The van der Waals surface area contributed by atoms with E-state index in [2.05, 4.69) is 63.4 Å². The van der Waals surface area contributed by atoms with Gasteiger partial charge in [-0.2, -0.15) is 0 Å². The molecule has 0 aromatic carbocycles. The molecule has 0 spiro atoms. The average molecular weight is 376 g/mol. The maximum atomic E-state index is 5.85. The van der Waals surface area contributed by atoms with Crippen molar-refractivity contribution < 1.29 is 4.42 Å². The summed E-state index contributed by atoms with van der Waals surface area (Å²) in [5, 5.41) is 5.53. The van der Waals surface area contributed by atoms with E-state index in [-0.39, 0.29) is 5.41 Å². The molecule has 2 aromatic heterocycles. The molecule has 2 aromatic rings. The first-order chi connectivity index (χ1) is 12.5. The quantitative estimate of drug-likeness (QED) is 0.658. The number of oxazole rings is 1. The Balaban J connectivity index is 1.48. The smallest absolute Gasteiger partial charge is 0.213 e. The summed E-state index contributed by atoms with van der Waals surface area (Å²) in [4.78, 5) is 15.0. The zero-order chi connectivity index (χ0) is 18.6. The fraction of sp³-hybridized carbons (Fsp3) is 0.579. The van der Waals surface area contributed by atoms with Crippen LogP contribution in [0.1, 0.15) is 37.3 Å². The van der Waals surface area contributed by atoms with Crippen molar-refractivity contribution in [2.75, 3.05) is 33.2 Å². The molecular weight excluding hydrogens is 346 g/mol. The highest BCUT2D eigenvalue weighted by atomic mass is 32.1. The predicted octanol–water partition coefficient (Wildman–Crippen LogP) is 2.93. The molecule has 7 heteroatoms. The third-order valence-electron chi connectivity index (χ3n) is 4.53. The maximum Gasteiger partial charge on any atom is 0.213 e. The highest BCUT2D eigenvalue weighted by molar-refractivity contribution is 7.09. The SMILES string of the molecule is CN=C(NCc1ncc(C(C)(C)C)o1)N1CCN(Cc2cccs2)CC1. The highest BCUT2D eigenvalue weighted by Crippen LogP contribution is 2.22. The van der Waals surface area contributed by atoms with Crippen LogP contribution in [0.25, 0.3) is 0 Å². The monoisotopic (exact) mass is 375 g/mol. The van der Waals surface area contributed by atoms with E-state index in [0.29, 0.717) is 12.4 Å². The van der Waals surface area contributed by atoms with E-state index in [4.69, 9.17) is 4.42 Å². The summed E-state index contributed by atoms with van der Waals surface area (Å²) in [5.74, 6) is 2.52. The minimum Gasteiger partial charge on any atom is -0.443 e. The van der Waals surface area contributed by atoms with Gasteiger partial charge in [0.2, 0.25) is 5.89 Å². The van der Waals surface area contributed by atoms with Crippen molar-refractivity contribution in [2.45, 2.75) is 39.3 Å². The van der Waals surface area contributed by atoms with Gasteiger partial charge in [-0.15, -0.1) is 11.3 Å². The van der Waals surface area contributed by atoms with Crippen molar-refractivity contribution in [3.05, 3.63) is 40.2 Å². The van der Waals surface area contributed by atoms with E-state index >= 15 is 0 Å². The first kappa shape index (κ1) is 18.9. The number of piperazine rings is 1. The van der Waals surface area contributed by atoms with Crippen LogP contribution in [0, 0.1) is 0 Å². The summed E-state index contributed by atoms with van der Waals surface area (Å²) >= 11 is 1.83.